The van der Waals surface area contributed by atoms with Gasteiger partial charge in [0.05, 0.1) is 6.20 Å². The molecule has 4 nitrogen and oxygen atoms in total. The van der Waals surface area contributed by atoms with Crippen LogP contribution in [0, 0.1) is 5.92 Å². The minimum absolute atomic E-state index is 0.585. The number of aryl methyl sites for hydroxylation is 1. The third-order valence-corrected chi connectivity index (χ3v) is 4.10. The summed E-state index contributed by atoms with van der Waals surface area (Å²) in [5, 5.41) is 7.87. The fourth-order valence-corrected chi connectivity index (χ4v) is 2.81. The summed E-state index contributed by atoms with van der Waals surface area (Å²) in [6.45, 7) is 10.2. The molecular weight excluding hydrogens is 224 g/mol. The van der Waals surface area contributed by atoms with Crippen LogP contribution in [0.15, 0.2) is 12.4 Å². The summed E-state index contributed by atoms with van der Waals surface area (Å²) >= 11 is 0. The number of aromatic nitrogens is 2. The van der Waals surface area contributed by atoms with Crippen molar-refractivity contribution in [3.05, 3.63) is 18.0 Å². The van der Waals surface area contributed by atoms with Crippen LogP contribution < -0.4 is 5.32 Å². The van der Waals surface area contributed by atoms with Crippen LogP contribution in [0.3, 0.4) is 0 Å². The molecule has 1 fully saturated rings. The van der Waals surface area contributed by atoms with E-state index in [4.69, 9.17) is 0 Å². The van der Waals surface area contributed by atoms with Gasteiger partial charge in [0.15, 0.2) is 0 Å². The highest BCUT2D eigenvalue weighted by molar-refractivity contribution is 5.04. The lowest BCUT2D eigenvalue weighted by molar-refractivity contribution is 0.0885. The Kier molecular flexibility index (Phi) is 4.40. The molecule has 0 aromatic carbocycles. The maximum atomic E-state index is 4.27. The molecule has 2 rings (SSSR count). The topological polar surface area (TPSA) is 33.1 Å². The molecule has 18 heavy (non-hydrogen) atoms. The van der Waals surface area contributed by atoms with Crippen LogP contribution in [0.2, 0.25) is 0 Å². The summed E-state index contributed by atoms with van der Waals surface area (Å²) < 4.78 is 1.89. The van der Waals surface area contributed by atoms with Crippen molar-refractivity contribution >= 4 is 0 Å². The molecule has 1 N–H and O–H groups in total. The van der Waals surface area contributed by atoms with Gasteiger partial charge in [-0.2, -0.15) is 5.10 Å². The fraction of sp³-hybridized carbons (Fsp3) is 0.786. The van der Waals surface area contributed by atoms with E-state index in [2.05, 4.69) is 42.3 Å². The zero-order chi connectivity index (χ0) is 13.1. The molecule has 2 heterocycles. The molecule has 0 saturated carbocycles. The average Bonchev–Trinajstić information content (AvgIpc) is 2.74. The fourth-order valence-electron chi connectivity index (χ4n) is 2.81. The third kappa shape index (κ3) is 3.12. The van der Waals surface area contributed by atoms with Gasteiger partial charge in [-0.25, -0.2) is 0 Å². The van der Waals surface area contributed by atoms with Gasteiger partial charge < -0.3 is 5.32 Å². The second-order valence-electron chi connectivity index (χ2n) is 5.71. The lowest BCUT2D eigenvalue weighted by Crippen LogP contribution is -2.57. The molecule has 3 atom stereocenters. The van der Waals surface area contributed by atoms with Crippen LogP contribution in [0.5, 0.6) is 0 Å². The molecule has 3 unspecified atom stereocenters. The van der Waals surface area contributed by atoms with Crippen molar-refractivity contribution in [2.45, 2.75) is 45.8 Å². The third-order valence-electron chi connectivity index (χ3n) is 4.10. The quantitative estimate of drug-likeness (QED) is 0.881. The van der Waals surface area contributed by atoms with Crippen LogP contribution in [-0.4, -0.2) is 39.9 Å². The molecule has 0 bridgehead atoms. The van der Waals surface area contributed by atoms with E-state index in [1.54, 1.807) is 0 Å². The normalized spacial score (nSPS) is 27.3. The van der Waals surface area contributed by atoms with E-state index in [1.165, 1.54) is 12.0 Å². The van der Waals surface area contributed by atoms with Gasteiger partial charge in [-0.1, -0.05) is 20.3 Å². The minimum atomic E-state index is 0.585. The smallest absolute Gasteiger partial charge is 0.0534 e. The highest BCUT2D eigenvalue weighted by Gasteiger charge is 2.29. The minimum Gasteiger partial charge on any atom is -0.311 e. The van der Waals surface area contributed by atoms with Crippen molar-refractivity contribution in [1.82, 2.24) is 20.0 Å². The van der Waals surface area contributed by atoms with Gasteiger partial charge in [-0.3, -0.25) is 9.58 Å². The molecule has 0 spiro atoms. The first-order valence-electron chi connectivity index (χ1n) is 7.05. The Balaban J connectivity index is 2.05. The van der Waals surface area contributed by atoms with Crippen molar-refractivity contribution in [2.75, 3.05) is 13.1 Å². The van der Waals surface area contributed by atoms with Crippen molar-refractivity contribution in [2.24, 2.45) is 13.0 Å². The second kappa shape index (κ2) is 5.85. The largest absolute Gasteiger partial charge is 0.311 e. The first-order valence-corrected chi connectivity index (χ1v) is 7.05. The number of hydrogen-bond acceptors (Lipinski definition) is 3. The molecule has 102 valence electrons. The maximum absolute atomic E-state index is 4.27. The van der Waals surface area contributed by atoms with E-state index in [1.807, 2.05) is 17.9 Å². The zero-order valence-corrected chi connectivity index (χ0v) is 12.1. The lowest BCUT2D eigenvalue weighted by Gasteiger charge is -2.42. The second-order valence-corrected chi connectivity index (χ2v) is 5.71. The summed E-state index contributed by atoms with van der Waals surface area (Å²) in [6.07, 6.45) is 5.35. The molecule has 1 aromatic rings. The summed E-state index contributed by atoms with van der Waals surface area (Å²) in [7, 11) is 1.98. The molecule has 1 saturated heterocycles. The molecular formula is C14H26N4. The maximum Gasteiger partial charge on any atom is 0.0534 e. The molecule has 1 aromatic heterocycles. The predicted octanol–water partition coefficient (Wildman–Crippen LogP) is 1.63. The van der Waals surface area contributed by atoms with Crippen molar-refractivity contribution in [3.8, 4) is 0 Å². The Labute approximate surface area is 110 Å². The van der Waals surface area contributed by atoms with Gasteiger partial charge >= 0.3 is 0 Å². The van der Waals surface area contributed by atoms with Crippen LogP contribution in [-0.2, 0) is 13.6 Å². The lowest BCUT2D eigenvalue weighted by atomic mass is 9.94. The van der Waals surface area contributed by atoms with Gasteiger partial charge in [0.1, 0.15) is 0 Å². The van der Waals surface area contributed by atoms with E-state index >= 15 is 0 Å². The SMILES string of the molecule is CCC(C)C1CNC(C)CN1Cc1cnn(C)c1. The Hall–Kier alpha value is -0.870. The first kappa shape index (κ1) is 13.6. The van der Waals surface area contributed by atoms with E-state index in [9.17, 15) is 0 Å². The predicted molar refractivity (Wildman–Crippen MR) is 74.3 cm³/mol. The average molecular weight is 250 g/mol. The Morgan fingerprint density at radius 3 is 2.94 bits per heavy atom. The number of rotatable bonds is 4. The van der Waals surface area contributed by atoms with Gasteiger partial charge in [0.2, 0.25) is 0 Å². The molecule has 0 radical (unpaired) electrons. The Bertz CT molecular complexity index is 374. The van der Waals surface area contributed by atoms with E-state index in [0.717, 1.165) is 25.6 Å². The number of piperazine rings is 1. The molecule has 1 aliphatic heterocycles. The summed E-state index contributed by atoms with van der Waals surface area (Å²) in [5.74, 6) is 0.738. The summed E-state index contributed by atoms with van der Waals surface area (Å²) in [6, 6.07) is 1.23. The van der Waals surface area contributed by atoms with Crippen molar-refractivity contribution in [3.63, 3.8) is 0 Å². The van der Waals surface area contributed by atoms with E-state index < -0.39 is 0 Å². The summed E-state index contributed by atoms with van der Waals surface area (Å²) in [5.41, 5.74) is 1.32. The van der Waals surface area contributed by atoms with Crippen molar-refractivity contribution in [1.29, 1.82) is 0 Å². The highest BCUT2D eigenvalue weighted by atomic mass is 15.3. The number of nitrogens with one attached hydrogen (secondary N) is 1. The first-order chi connectivity index (χ1) is 8.60. The van der Waals surface area contributed by atoms with Crippen LogP contribution in [0.1, 0.15) is 32.8 Å². The Morgan fingerprint density at radius 1 is 1.56 bits per heavy atom. The molecule has 0 amide bonds. The monoisotopic (exact) mass is 250 g/mol. The molecule has 1 aliphatic rings. The van der Waals surface area contributed by atoms with Gasteiger partial charge in [0.25, 0.3) is 0 Å². The van der Waals surface area contributed by atoms with E-state index in [-0.39, 0.29) is 0 Å². The number of hydrogen-bond donors (Lipinski definition) is 1. The molecule has 0 aliphatic carbocycles. The highest BCUT2D eigenvalue weighted by Crippen LogP contribution is 2.20. The van der Waals surface area contributed by atoms with Gasteiger partial charge in [0, 0.05) is 50.5 Å². The Morgan fingerprint density at radius 2 is 2.33 bits per heavy atom. The van der Waals surface area contributed by atoms with Crippen LogP contribution in [0.4, 0.5) is 0 Å². The van der Waals surface area contributed by atoms with Crippen LogP contribution in [0.25, 0.3) is 0 Å². The van der Waals surface area contributed by atoms with E-state index in [0.29, 0.717) is 12.1 Å². The molecule has 4 heteroatoms. The standard InChI is InChI=1S/C14H26N4/c1-5-11(2)14-7-15-12(3)8-18(14)10-13-6-16-17(4)9-13/h6,9,11-12,14-15H,5,7-8,10H2,1-4H3. The zero-order valence-electron chi connectivity index (χ0n) is 12.1. The number of nitrogens with zero attached hydrogens (tertiary/aromatic N) is 3. The summed E-state index contributed by atoms with van der Waals surface area (Å²) in [4.78, 5) is 2.62. The van der Waals surface area contributed by atoms with Gasteiger partial charge in [-0.15, -0.1) is 0 Å². The van der Waals surface area contributed by atoms with Crippen LogP contribution >= 0.6 is 0 Å². The van der Waals surface area contributed by atoms with Crippen molar-refractivity contribution < 1.29 is 0 Å². The van der Waals surface area contributed by atoms with Gasteiger partial charge in [-0.05, 0) is 12.8 Å².